The predicted molar refractivity (Wildman–Crippen MR) is 48.7 cm³/mol. The van der Waals surface area contributed by atoms with Gasteiger partial charge in [0, 0.05) is 6.04 Å². The molecule has 0 aromatic heterocycles. The average Bonchev–Trinajstić information content (AvgIpc) is 1.84. The molecule has 0 aliphatic carbocycles. The van der Waals surface area contributed by atoms with Gasteiger partial charge in [0.15, 0.2) is 0 Å². The van der Waals surface area contributed by atoms with Crippen LogP contribution in [0.2, 0.25) is 0 Å². The van der Waals surface area contributed by atoms with Gasteiger partial charge in [-0.15, -0.1) is 0 Å². The van der Waals surface area contributed by atoms with Crippen molar-refractivity contribution in [3.63, 3.8) is 0 Å². The Bertz CT molecular complexity index is 132. The molecule has 3 nitrogen and oxygen atoms in total. The molecule has 0 fully saturated rings. The van der Waals surface area contributed by atoms with Gasteiger partial charge >= 0.3 is 5.97 Å². The topological polar surface area (TPSA) is 52.3 Å². The van der Waals surface area contributed by atoms with Gasteiger partial charge in [-0.2, -0.15) is 0 Å². The van der Waals surface area contributed by atoms with Crippen LogP contribution in [0, 0.1) is 5.92 Å². The normalized spacial score (nSPS) is 13.1. The standard InChI is InChI=1S/C9H19NO2/c1-7(2)4-5-12-9(11)6-8(3)10/h7-8H,4-6,10H2,1-3H3. The van der Waals surface area contributed by atoms with E-state index in [1.54, 1.807) is 6.92 Å². The van der Waals surface area contributed by atoms with Crippen LogP contribution in [0.15, 0.2) is 0 Å². The van der Waals surface area contributed by atoms with Crippen molar-refractivity contribution in [2.75, 3.05) is 6.61 Å². The van der Waals surface area contributed by atoms with E-state index >= 15 is 0 Å². The Kier molecular flexibility index (Phi) is 5.72. The number of rotatable bonds is 5. The van der Waals surface area contributed by atoms with Crippen molar-refractivity contribution in [1.82, 2.24) is 0 Å². The summed E-state index contributed by atoms with van der Waals surface area (Å²) in [7, 11) is 0. The van der Waals surface area contributed by atoms with Gasteiger partial charge in [-0.25, -0.2) is 0 Å². The number of esters is 1. The van der Waals surface area contributed by atoms with Crippen LogP contribution in [0.3, 0.4) is 0 Å². The lowest BCUT2D eigenvalue weighted by molar-refractivity contribution is -0.144. The van der Waals surface area contributed by atoms with Crippen LogP contribution in [-0.4, -0.2) is 18.6 Å². The first-order valence-electron chi connectivity index (χ1n) is 4.43. The van der Waals surface area contributed by atoms with Crippen molar-refractivity contribution in [1.29, 1.82) is 0 Å². The second-order valence-corrected chi connectivity index (χ2v) is 3.58. The maximum Gasteiger partial charge on any atom is 0.307 e. The number of hydrogen-bond donors (Lipinski definition) is 1. The lowest BCUT2D eigenvalue weighted by atomic mass is 10.1. The van der Waals surface area contributed by atoms with Crippen LogP contribution in [-0.2, 0) is 9.53 Å². The van der Waals surface area contributed by atoms with Crippen LogP contribution < -0.4 is 5.73 Å². The van der Waals surface area contributed by atoms with Crippen LogP contribution in [0.4, 0.5) is 0 Å². The highest BCUT2D eigenvalue weighted by molar-refractivity contribution is 5.69. The smallest absolute Gasteiger partial charge is 0.307 e. The van der Waals surface area contributed by atoms with Crippen LogP contribution in [0.1, 0.15) is 33.6 Å². The Hall–Kier alpha value is -0.570. The van der Waals surface area contributed by atoms with E-state index in [4.69, 9.17) is 10.5 Å². The summed E-state index contributed by atoms with van der Waals surface area (Å²) in [5.41, 5.74) is 5.42. The molecule has 0 heterocycles. The van der Waals surface area contributed by atoms with E-state index in [9.17, 15) is 4.79 Å². The maximum atomic E-state index is 10.9. The Morgan fingerprint density at radius 1 is 1.42 bits per heavy atom. The molecule has 0 saturated carbocycles. The minimum absolute atomic E-state index is 0.100. The van der Waals surface area contributed by atoms with E-state index in [-0.39, 0.29) is 12.0 Å². The predicted octanol–water partition coefficient (Wildman–Crippen LogP) is 1.31. The molecule has 2 N–H and O–H groups in total. The summed E-state index contributed by atoms with van der Waals surface area (Å²) >= 11 is 0. The molecule has 3 heteroatoms. The SMILES string of the molecule is CC(C)CCOC(=O)CC(C)N. The third-order valence-corrected chi connectivity index (χ3v) is 1.45. The first-order chi connectivity index (χ1) is 5.52. The minimum atomic E-state index is -0.189. The maximum absolute atomic E-state index is 10.9. The third-order valence-electron chi connectivity index (χ3n) is 1.45. The molecule has 0 aromatic carbocycles. The number of ether oxygens (including phenoxy) is 1. The molecule has 0 aromatic rings. The zero-order chi connectivity index (χ0) is 9.56. The van der Waals surface area contributed by atoms with Gasteiger partial charge in [0.2, 0.25) is 0 Å². The molecule has 0 bridgehead atoms. The van der Waals surface area contributed by atoms with E-state index in [2.05, 4.69) is 13.8 Å². The highest BCUT2D eigenvalue weighted by atomic mass is 16.5. The Labute approximate surface area is 74.3 Å². The summed E-state index contributed by atoms with van der Waals surface area (Å²) in [5, 5.41) is 0. The van der Waals surface area contributed by atoms with E-state index in [1.165, 1.54) is 0 Å². The molecule has 1 unspecified atom stereocenters. The van der Waals surface area contributed by atoms with Crippen molar-refractivity contribution < 1.29 is 9.53 Å². The van der Waals surface area contributed by atoms with Crippen molar-refractivity contribution in [3.8, 4) is 0 Å². The van der Waals surface area contributed by atoms with Crippen molar-refractivity contribution >= 4 is 5.97 Å². The highest BCUT2D eigenvalue weighted by Crippen LogP contribution is 2.00. The first kappa shape index (κ1) is 11.4. The highest BCUT2D eigenvalue weighted by Gasteiger charge is 2.05. The quantitative estimate of drug-likeness (QED) is 0.638. The zero-order valence-electron chi connectivity index (χ0n) is 8.17. The fourth-order valence-electron chi connectivity index (χ4n) is 0.730. The van der Waals surface area contributed by atoms with Gasteiger partial charge in [-0.1, -0.05) is 13.8 Å². The fourth-order valence-corrected chi connectivity index (χ4v) is 0.730. The summed E-state index contributed by atoms with van der Waals surface area (Å²) in [6, 6.07) is -0.100. The molecule has 0 spiro atoms. The second-order valence-electron chi connectivity index (χ2n) is 3.58. The van der Waals surface area contributed by atoms with Gasteiger partial charge in [-0.3, -0.25) is 4.79 Å². The Balaban J connectivity index is 3.32. The average molecular weight is 173 g/mol. The zero-order valence-corrected chi connectivity index (χ0v) is 8.17. The molecular weight excluding hydrogens is 154 g/mol. The van der Waals surface area contributed by atoms with E-state index in [0.717, 1.165) is 6.42 Å². The summed E-state index contributed by atoms with van der Waals surface area (Å²) in [5.74, 6) is 0.388. The number of carbonyl (C=O) groups is 1. The molecule has 12 heavy (non-hydrogen) atoms. The lowest BCUT2D eigenvalue weighted by Gasteiger charge is -2.07. The molecule has 0 saturated heterocycles. The second kappa shape index (κ2) is 6.00. The van der Waals surface area contributed by atoms with Crippen molar-refractivity contribution in [2.45, 2.75) is 39.7 Å². The molecule has 1 atom stereocenters. The molecule has 72 valence electrons. The van der Waals surface area contributed by atoms with Gasteiger partial charge in [-0.05, 0) is 19.3 Å². The summed E-state index contributed by atoms with van der Waals surface area (Å²) in [4.78, 5) is 10.9. The Morgan fingerprint density at radius 3 is 2.42 bits per heavy atom. The van der Waals surface area contributed by atoms with Gasteiger partial charge in [0.25, 0.3) is 0 Å². The van der Waals surface area contributed by atoms with Gasteiger partial charge in [0.05, 0.1) is 13.0 Å². The summed E-state index contributed by atoms with van der Waals surface area (Å²) in [6.07, 6.45) is 1.24. The van der Waals surface area contributed by atoms with Gasteiger partial charge in [0.1, 0.15) is 0 Å². The minimum Gasteiger partial charge on any atom is -0.466 e. The van der Waals surface area contributed by atoms with Crippen LogP contribution in [0.5, 0.6) is 0 Å². The lowest BCUT2D eigenvalue weighted by Crippen LogP contribution is -2.21. The largest absolute Gasteiger partial charge is 0.466 e. The van der Waals surface area contributed by atoms with E-state index in [1.807, 2.05) is 0 Å². The van der Waals surface area contributed by atoms with Crippen LogP contribution >= 0.6 is 0 Å². The molecule has 0 aliphatic heterocycles. The molecular formula is C9H19NO2. The summed E-state index contributed by atoms with van der Waals surface area (Å²) < 4.78 is 4.94. The summed E-state index contributed by atoms with van der Waals surface area (Å²) in [6.45, 7) is 6.51. The molecule has 0 amide bonds. The number of hydrogen-bond acceptors (Lipinski definition) is 3. The number of nitrogens with two attached hydrogens (primary N) is 1. The first-order valence-corrected chi connectivity index (χ1v) is 4.43. The van der Waals surface area contributed by atoms with Crippen molar-refractivity contribution in [3.05, 3.63) is 0 Å². The molecule has 0 radical (unpaired) electrons. The van der Waals surface area contributed by atoms with Crippen molar-refractivity contribution in [2.24, 2.45) is 11.7 Å². The van der Waals surface area contributed by atoms with E-state index in [0.29, 0.717) is 18.9 Å². The molecule has 0 aliphatic rings. The van der Waals surface area contributed by atoms with Crippen LogP contribution in [0.25, 0.3) is 0 Å². The third kappa shape index (κ3) is 7.54. The Morgan fingerprint density at radius 2 is 2.00 bits per heavy atom. The fraction of sp³-hybridized carbons (Fsp3) is 0.889. The number of carbonyl (C=O) groups excluding carboxylic acids is 1. The molecule has 0 rings (SSSR count). The van der Waals surface area contributed by atoms with E-state index < -0.39 is 0 Å². The van der Waals surface area contributed by atoms with Gasteiger partial charge < -0.3 is 10.5 Å². The monoisotopic (exact) mass is 173 g/mol.